The first-order valence-corrected chi connectivity index (χ1v) is 7.48. The molecule has 1 aliphatic rings. The molecule has 3 heteroatoms. The molecule has 0 aliphatic carbocycles. The summed E-state index contributed by atoms with van der Waals surface area (Å²) in [6.07, 6.45) is 4.51. The Bertz CT molecular complexity index is 373. The van der Waals surface area contributed by atoms with Crippen LogP contribution in [0.4, 0.5) is 0 Å². The summed E-state index contributed by atoms with van der Waals surface area (Å²) in [5.74, 6) is 1.05. The van der Waals surface area contributed by atoms with Gasteiger partial charge in [0.05, 0.1) is 6.61 Å². The van der Waals surface area contributed by atoms with E-state index in [1.165, 1.54) is 12.0 Å². The number of unbranched alkanes of at least 4 members (excludes halogenated alkanes) is 1. The molecule has 2 N–H and O–H groups in total. The van der Waals surface area contributed by atoms with Gasteiger partial charge in [-0.3, -0.25) is 4.90 Å². The van der Waals surface area contributed by atoms with E-state index in [0.717, 1.165) is 51.3 Å². The zero-order chi connectivity index (χ0) is 13.5. The van der Waals surface area contributed by atoms with Gasteiger partial charge >= 0.3 is 0 Å². The molecule has 0 aromatic heterocycles. The minimum Gasteiger partial charge on any atom is -0.493 e. The van der Waals surface area contributed by atoms with Crippen molar-refractivity contribution in [1.29, 1.82) is 0 Å². The third-order valence-corrected chi connectivity index (χ3v) is 3.75. The highest BCUT2D eigenvalue weighted by atomic mass is 16.5. The second-order valence-electron chi connectivity index (χ2n) is 5.42. The van der Waals surface area contributed by atoms with Gasteiger partial charge in [-0.1, -0.05) is 31.5 Å². The average Bonchev–Trinajstić information content (AvgIpc) is 2.43. The van der Waals surface area contributed by atoms with Crippen LogP contribution in [0, 0.1) is 0 Å². The lowest BCUT2D eigenvalue weighted by molar-refractivity contribution is 0.201. The Labute approximate surface area is 116 Å². The molecule has 0 spiro atoms. The van der Waals surface area contributed by atoms with Gasteiger partial charge in [0.2, 0.25) is 0 Å². The van der Waals surface area contributed by atoms with E-state index in [9.17, 15) is 0 Å². The fourth-order valence-corrected chi connectivity index (χ4v) is 2.45. The van der Waals surface area contributed by atoms with E-state index in [0.29, 0.717) is 6.04 Å². The lowest BCUT2D eigenvalue weighted by atomic mass is 10.1. The Morgan fingerprint density at radius 1 is 1.26 bits per heavy atom. The van der Waals surface area contributed by atoms with Crippen molar-refractivity contribution in [2.45, 2.75) is 45.2 Å². The van der Waals surface area contributed by atoms with Crippen LogP contribution in [-0.2, 0) is 6.54 Å². The SMILES string of the molecule is CCCCOc1ccccc1CN1CCC(N)CC1. The molecule has 0 radical (unpaired) electrons. The summed E-state index contributed by atoms with van der Waals surface area (Å²) in [7, 11) is 0. The summed E-state index contributed by atoms with van der Waals surface area (Å²) < 4.78 is 5.89. The number of para-hydroxylation sites is 1. The lowest BCUT2D eigenvalue weighted by Crippen LogP contribution is -2.39. The Kier molecular flexibility index (Phi) is 5.67. The van der Waals surface area contributed by atoms with Crippen LogP contribution in [0.15, 0.2) is 24.3 Å². The highest BCUT2D eigenvalue weighted by Crippen LogP contribution is 2.21. The first-order valence-electron chi connectivity index (χ1n) is 7.48. The van der Waals surface area contributed by atoms with Crippen LogP contribution < -0.4 is 10.5 Å². The molecule has 1 aromatic carbocycles. The number of benzene rings is 1. The third-order valence-electron chi connectivity index (χ3n) is 3.75. The highest BCUT2D eigenvalue weighted by Gasteiger charge is 2.17. The van der Waals surface area contributed by atoms with Crippen molar-refractivity contribution in [3.05, 3.63) is 29.8 Å². The van der Waals surface area contributed by atoms with E-state index in [-0.39, 0.29) is 0 Å². The monoisotopic (exact) mass is 262 g/mol. The van der Waals surface area contributed by atoms with Crippen molar-refractivity contribution in [1.82, 2.24) is 4.90 Å². The number of ether oxygens (including phenoxy) is 1. The minimum atomic E-state index is 0.396. The number of nitrogens with zero attached hydrogens (tertiary/aromatic N) is 1. The van der Waals surface area contributed by atoms with Crippen molar-refractivity contribution in [3.63, 3.8) is 0 Å². The summed E-state index contributed by atoms with van der Waals surface area (Å²) >= 11 is 0. The van der Waals surface area contributed by atoms with E-state index in [1.54, 1.807) is 0 Å². The molecule has 2 rings (SSSR count). The van der Waals surface area contributed by atoms with E-state index in [2.05, 4.69) is 36.1 Å². The molecule has 0 amide bonds. The number of likely N-dealkylation sites (tertiary alicyclic amines) is 1. The van der Waals surface area contributed by atoms with Crippen LogP contribution in [0.3, 0.4) is 0 Å². The molecule has 3 nitrogen and oxygen atoms in total. The summed E-state index contributed by atoms with van der Waals surface area (Å²) in [6.45, 7) is 6.19. The molecular formula is C16H26N2O. The predicted octanol–water partition coefficient (Wildman–Crippen LogP) is 2.79. The largest absolute Gasteiger partial charge is 0.493 e. The maximum absolute atomic E-state index is 5.95. The topological polar surface area (TPSA) is 38.5 Å². The number of rotatable bonds is 6. The average molecular weight is 262 g/mol. The first kappa shape index (κ1) is 14.4. The second kappa shape index (κ2) is 7.51. The van der Waals surface area contributed by atoms with Gasteiger partial charge in [0.15, 0.2) is 0 Å². The normalized spacial score (nSPS) is 17.6. The van der Waals surface area contributed by atoms with Gasteiger partial charge in [0.25, 0.3) is 0 Å². The Morgan fingerprint density at radius 3 is 2.74 bits per heavy atom. The minimum absolute atomic E-state index is 0.396. The predicted molar refractivity (Wildman–Crippen MR) is 79.3 cm³/mol. The quantitative estimate of drug-likeness (QED) is 0.801. The van der Waals surface area contributed by atoms with Gasteiger partial charge in [-0.15, -0.1) is 0 Å². The van der Waals surface area contributed by atoms with Gasteiger partial charge in [-0.2, -0.15) is 0 Å². The molecule has 1 fully saturated rings. The van der Waals surface area contributed by atoms with E-state index in [4.69, 9.17) is 10.5 Å². The van der Waals surface area contributed by atoms with Gasteiger partial charge in [-0.25, -0.2) is 0 Å². The second-order valence-corrected chi connectivity index (χ2v) is 5.42. The van der Waals surface area contributed by atoms with Crippen LogP contribution in [0.25, 0.3) is 0 Å². The maximum Gasteiger partial charge on any atom is 0.123 e. The number of piperidine rings is 1. The van der Waals surface area contributed by atoms with E-state index in [1.807, 2.05) is 0 Å². The van der Waals surface area contributed by atoms with Crippen molar-refractivity contribution < 1.29 is 4.74 Å². The molecule has 1 saturated heterocycles. The Hall–Kier alpha value is -1.06. The maximum atomic E-state index is 5.95. The fourth-order valence-electron chi connectivity index (χ4n) is 2.45. The molecule has 0 unspecified atom stereocenters. The molecular weight excluding hydrogens is 236 g/mol. The van der Waals surface area contributed by atoms with Crippen molar-refractivity contribution in [2.75, 3.05) is 19.7 Å². The smallest absolute Gasteiger partial charge is 0.123 e. The molecule has 19 heavy (non-hydrogen) atoms. The fraction of sp³-hybridized carbons (Fsp3) is 0.625. The van der Waals surface area contributed by atoms with Crippen molar-refractivity contribution in [2.24, 2.45) is 5.73 Å². The van der Waals surface area contributed by atoms with E-state index >= 15 is 0 Å². The zero-order valence-electron chi connectivity index (χ0n) is 12.0. The molecule has 106 valence electrons. The summed E-state index contributed by atoms with van der Waals surface area (Å²) in [4.78, 5) is 2.48. The summed E-state index contributed by atoms with van der Waals surface area (Å²) in [5.41, 5.74) is 7.25. The van der Waals surface area contributed by atoms with Gasteiger partial charge in [0, 0.05) is 18.2 Å². The van der Waals surface area contributed by atoms with Crippen LogP contribution in [0.5, 0.6) is 5.75 Å². The van der Waals surface area contributed by atoms with Crippen LogP contribution >= 0.6 is 0 Å². The van der Waals surface area contributed by atoms with Crippen LogP contribution in [0.2, 0.25) is 0 Å². The zero-order valence-corrected chi connectivity index (χ0v) is 12.0. The summed E-state index contributed by atoms with van der Waals surface area (Å²) in [6, 6.07) is 8.80. The van der Waals surface area contributed by atoms with Gasteiger partial charge in [-0.05, 0) is 38.4 Å². The lowest BCUT2D eigenvalue weighted by Gasteiger charge is -2.30. The molecule has 0 bridgehead atoms. The molecule has 1 aromatic rings. The molecule has 0 atom stereocenters. The van der Waals surface area contributed by atoms with Gasteiger partial charge < -0.3 is 10.5 Å². The number of hydrogen-bond donors (Lipinski definition) is 1. The Morgan fingerprint density at radius 2 is 2.00 bits per heavy atom. The van der Waals surface area contributed by atoms with Crippen molar-refractivity contribution in [3.8, 4) is 5.75 Å². The number of hydrogen-bond acceptors (Lipinski definition) is 3. The molecule has 1 heterocycles. The number of nitrogens with two attached hydrogens (primary N) is 1. The summed E-state index contributed by atoms with van der Waals surface area (Å²) in [5, 5.41) is 0. The third kappa shape index (κ3) is 4.51. The molecule has 1 aliphatic heterocycles. The highest BCUT2D eigenvalue weighted by molar-refractivity contribution is 5.33. The van der Waals surface area contributed by atoms with Crippen molar-refractivity contribution >= 4 is 0 Å². The van der Waals surface area contributed by atoms with E-state index < -0.39 is 0 Å². The van der Waals surface area contributed by atoms with Crippen LogP contribution in [-0.4, -0.2) is 30.6 Å². The molecule has 0 saturated carbocycles. The standard InChI is InChI=1S/C16H26N2O/c1-2-3-12-19-16-7-5-4-6-14(16)13-18-10-8-15(17)9-11-18/h4-7,15H,2-3,8-13,17H2,1H3. The van der Waals surface area contributed by atoms with Gasteiger partial charge in [0.1, 0.15) is 5.75 Å². The first-order chi connectivity index (χ1) is 9.29. The van der Waals surface area contributed by atoms with Crippen LogP contribution in [0.1, 0.15) is 38.2 Å². The Balaban J connectivity index is 1.91.